The second kappa shape index (κ2) is 9.87. The average Bonchev–Trinajstić information content (AvgIpc) is 2.46. The van der Waals surface area contributed by atoms with E-state index in [0.717, 1.165) is 12.8 Å². The molecule has 1 unspecified atom stereocenters. The topological polar surface area (TPSA) is 12.0 Å². The number of nitrogens with one attached hydrogen (secondary N) is 1. The molecule has 3 heteroatoms. The fourth-order valence-corrected chi connectivity index (χ4v) is 2.49. The van der Waals surface area contributed by atoms with E-state index in [1.165, 1.54) is 38.2 Å². The third-order valence-electron chi connectivity index (χ3n) is 3.81. The summed E-state index contributed by atoms with van der Waals surface area (Å²) in [7, 11) is 1.89. The molecule has 0 fully saturated rings. The summed E-state index contributed by atoms with van der Waals surface area (Å²) in [4.78, 5) is 0. The maximum absolute atomic E-state index is 13.6. The molecule has 1 nitrogen and oxygen atoms in total. The zero-order valence-corrected chi connectivity index (χ0v) is 12.7. The van der Waals surface area contributed by atoms with Gasteiger partial charge in [0.15, 0.2) is 11.6 Å². The molecule has 114 valence electrons. The van der Waals surface area contributed by atoms with Crippen LogP contribution in [0.5, 0.6) is 0 Å². The van der Waals surface area contributed by atoms with Crippen LogP contribution >= 0.6 is 0 Å². The van der Waals surface area contributed by atoms with Gasteiger partial charge >= 0.3 is 0 Å². The normalized spacial score (nSPS) is 12.6. The van der Waals surface area contributed by atoms with E-state index in [1.54, 1.807) is 12.1 Å². The highest BCUT2D eigenvalue weighted by Crippen LogP contribution is 2.16. The van der Waals surface area contributed by atoms with Gasteiger partial charge in [-0.2, -0.15) is 0 Å². The molecule has 0 aliphatic heterocycles. The summed E-state index contributed by atoms with van der Waals surface area (Å²) in [6, 6.07) is 4.63. The lowest BCUT2D eigenvalue weighted by atomic mass is 9.99. The smallest absolute Gasteiger partial charge is 0.162 e. The van der Waals surface area contributed by atoms with E-state index in [0.29, 0.717) is 12.0 Å². The number of unbranched alkanes of at least 4 members (excludes halogenated alkanes) is 5. The highest BCUT2D eigenvalue weighted by molar-refractivity contribution is 5.20. The predicted molar refractivity (Wildman–Crippen MR) is 80.9 cm³/mol. The summed E-state index contributed by atoms with van der Waals surface area (Å²) in [5.41, 5.74) is 0.468. The SMILES string of the molecule is CCCCCCCCC(Cc1cccc(F)c1F)NC. The lowest BCUT2D eigenvalue weighted by Gasteiger charge is -2.16. The first kappa shape index (κ1) is 17.1. The fourth-order valence-electron chi connectivity index (χ4n) is 2.49. The van der Waals surface area contributed by atoms with Gasteiger partial charge in [-0.25, -0.2) is 8.78 Å². The number of halogens is 2. The van der Waals surface area contributed by atoms with Crippen LogP contribution < -0.4 is 5.32 Å². The van der Waals surface area contributed by atoms with Crippen molar-refractivity contribution in [2.24, 2.45) is 0 Å². The van der Waals surface area contributed by atoms with E-state index in [2.05, 4.69) is 12.2 Å². The molecule has 0 radical (unpaired) electrons. The van der Waals surface area contributed by atoms with E-state index >= 15 is 0 Å². The molecular formula is C17H27F2N. The maximum Gasteiger partial charge on any atom is 0.162 e. The van der Waals surface area contributed by atoms with Crippen molar-refractivity contribution >= 4 is 0 Å². The summed E-state index contributed by atoms with van der Waals surface area (Å²) >= 11 is 0. The maximum atomic E-state index is 13.6. The molecule has 1 aromatic rings. The predicted octanol–water partition coefficient (Wildman–Crippen LogP) is 4.85. The Morgan fingerprint density at radius 1 is 1.05 bits per heavy atom. The van der Waals surface area contributed by atoms with Gasteiger partial charge in [-0.15, -0.1) is 0 Å². The first-order valence-corrected chi connectivity index (χ1v) is 7.79. The Balaban J connectivity index is 2.34. The number of hydrogen-bond donors (Lipinski definition) is 1. The monoisotopic (exact) mass is 283 g/mol. The third-order valence-corrected chi connectivity index (χ3v) is 3.81. The molecular weight excluding hydrogens is 256 g/mol. The van der Waals surface area contributed by atoms with Gasteiger partial charge in [-0.3, -0.25) is 0 Å². The van der Waals surface area contributed by atoms with E-state index in [1.807, 2.05) is 7.05 Å². The Bertz CT molecular complexity index is 379. The molecule has 20 heavy (non-hydrogen) atoms. The Morgan fingerprint density at radius 2 is 1.75 bits per heavy atom. The Morgan fingerprint density at radius 3 is 2.45 bits per heavy atom. The molecule has 0 spiro atoms. The number of benzene rings is 1. The average molecular weight is 283 g/mol. The van der Waals surface area contributed by atoms with Crippen LogP contribution in [0.3, 0.4) is 0 Å². The molecule has 0 aliphatic carbocycles. The van der Waals surface area contributed by atoms with Gasteiger partial charge in [0.1, 0.15) is 0 Å². The van der Waals surface area contributed by atoms with Crippen molar-refractivity contribution < 1.29 is 8.78 Å². The van der Waals surface area contributed by atoms with Gasteiger partial charge in [0, 0.05) is 6.04 Å². The zero-order chi connectivity index (χ0) is 14.8. The van der Waals surface area contributed by atoms with Gasteiger partial charge in [-0.1, -0.05) is 57.6 Å². The van der Waals surface area contributed by atoms with Gasteiger partial charge in [0.25, 0.3) is 0 Å². The van der Waals surface area contributed by atoms with Crippen LogP contribution in [0.4, 0.5) is 8.78 Å². The van der Waals surface area contributed by atoms with E-state index in [-0.39, 0.29) is 6.04 Å². The minimum absolute atomic E-state index is 0.220. The number of rotatable bonds is 10. The van der Waals surface area contributed by atoms with Crippen LogP contribution in [-0.4, -0.2) is 13.1 Å². The van der Waals surface area contributed by atoms with Gasteiger partial charge in [0.05, 0.1) is 0 Å². The molecule has 0 saturated heterocycles. The van der Waals surface area contributed by atoms with Gasteiger partial charge < -0.3 is 5.32 Å². The molecule has 1 N–H and O–H groups in total. The minimum atomic E-state index is -0.753. The molecule has 1 atom stereocenters. The summed E-state index contributed by atoms with van der Waals surface area (Å²) in [5, 5.41) is 3.21. The van der Waals surface area contributed by atoms with Crippen molar-refractivity contribution in [2.75, 3.05) is 7.05 Å². The van der Waals surface area contributed by atoms with Crippen LogP contribution in [0.2, 0.25) is 0 Å². The van der Waals surface area contributed by atoms with Crippen molar-refractivity contribution in [1.82, 2.24) is 5.32 Å². The van der Waals surface area contributed by atoms with E-state index in [9.17, 15) is 8.78 Å². The van der Waals surface area contributed by atoms with Gasteiger partial charge in [0.2, 0.25) is 0 Å². The number of likely N-dealkylation sites (N-methyl/N-ethyl adjacent to an activating group) is 1. The highest BCUT2D eigenvalue weighted by Gasteiger charge is 2.12. The molecule has 0 aliphatic rings. The van der Waals surface area contributed by atoms with Crippen LogP contribution in [0, 0.1) is 11.6 Å². The molecule has 0 bridgehead atoms. The largest absolute Gasteiger partial charge is 0.317 e. The Kier molecular flexibility index (Phi) is 8.43. The van der Waals surface area contributed by atoms with Crippen LogP contribution in [0.15, 0.2) is 18.2 Å². The minimum Gasteiger partial charge on any atom is -0.317 e. The first-order valence-electron chi connectivity index (χ1n) is 7.79. The number of hydrogen-bond acceptors (Lipinski definition) is 1. The highest BCUT2D eigenvalue weighted by atomic mass is 19.2. The molecule has 0 saturated carbocycles. The fraction of sp³-hybridized carbons (Fsp3) is 0.647. The van der Waals surface area contributed by atoms with E-state index < -0.39 is 11.6 Å². The first-order chi connectivity index (χ1) is 9.69. The third kappa shape index (κ3) is 6.00. The Labute approximate surface area is 121 Å². The lowest BCUT2D eigenvalue weighted by molar-refractivity contribution is 0.457. The van der Waals surface area contributed by atoms with Crippen LogP contribution in [0.25, 0.3) is 0 Å². The quantitative estimate of drug-likeness (QED) is 0.605. The van der Waals surface area contributed by atoms with Crippen molar-refractivity contribution in [3.63, 3.8) is 0 Å². The molecule has 1 aromatic carbocycles. The van der Waals surface area contributed by atoms with Crippen molar-refractivity contribution in [1.29, 1.82) is 0 Å². The van der Waals surface area contributed by atoms with Gasteiger partial charge in [-0.05, 0) is 31.5 Å². The standard InChI is InChI=1S/C17H27F2N/c1-3-4-5-6-7-8-11-15(20-2)13-14-10-9-12-16(18)17(14)19/h9-10,12,15,20H,3-8,11,13H2,1-2H3. The van der Waals surface area contributed by atoms with E-state index in [4.69, 9.17) is 0 Å². The second-order valence-electron chi connectivity index (χ2n) is 5.46. The lowest BCUT2D eigenvalue weighted by Crippen LogP contribution is -2.28. The molecule has 1 rings (SSSR count). The van der Waals surface area contributed by atoms with Crippen molar-refractivity contribution in [3.05, 3.63) is 35.4 Å². The zero-order valence-electron chi connectivity index (χ0n) is 12.7. The Hall–Kier alpha value is -0.960. The summed E-state index contributed by atoms with van der Waals surface area (Å²) in [5.74, 6) is -1.45. The summed E-state index contributed by atoms with van der Waals surface area (Å²) in [6.45, 7) is 2.21. The van der Waals surface area contributed by atoms with Crippen LogP contribution in [0.1, 0.15) is 57.4 Å². The molecule has 0 amide bonds. The second-order valence-corrected chi connectivity index (χ2v) is 5.46. The van der Waals surface area contributed by atoms with Crippen molar-refractivity contribution in [2.45, 2.75) is 64.3 Å². The van der Waals surface area contributed by atoms with Crippen LogP contribution in [-0.2, 0) is 6.42 Å². The summed E-state index contributed by atoms with van der Waals surface area (Å²) in [6.07, 6.45) is 9.09. The van der Waals surface area contributed by atoms with Crippen molar-refractivity contribution in [3.8, 4) is 0 Å². The molecule has 0 heterocycles. The molecule has 0 aromatic heterocycles. The summed E-state index contributed by atoms with van der Waals surface area (Å²) < 4.78 is 26.8.